The summed E-state index contributed by atoms with van der Waals surface area (Å²) in [7, 11) is -2.06. The second kappa shape index (κ2) is 6.74. The number of hydrogen-bond donors (Lipinski definition) is 2. The quantitative estimate of drug-likeness (QED) is 0.813. The van der Waals surface area contributed by atoms with Gasteiger partial charge in [-0.15, -0.1) is 0 Å². The highest BCUT2D eigenvalue weighted by Gasteiger charge is 2.26. The number of fused-ring (bicyclic) bond motifs is 1. The highest BCUT2D eigenvalue weighted by atomic mass is 32.2. The van der Waals surface area contributed by atoms with Gasteiger partial charge in [-0.2, -0.15) is 0 Å². The molecule has 1 aliphatic rings. The molecular weight excluding hydrogens is 352 g/mol. The molecule has 138 valence electrons. The maximum Gasteiger partial charge on any atom is 0.240 e. The molecule has 7 heteroatoms. The second-order valence-electron chi connectivity index (χ2n) is 6.98. The molecule has 0 fully saturated rings. The van der Waals surface area contributed by atoms with Gasteiger partial charge in [0.25, 0.3) is 0 Å². The summed E-state index contributed by atoms with van der Waals surface area (Å²) in [4.78, 5) is 11.6. The second-order valence-corrected chi connectivity index (χ2v) is 8.75. The smallest absolute Gasteiger partial charge is 0.240 e. The number of anilines is 1. The minimum atomic E-state index is -3.67. The Morgan fingerprint density at radius 2 is 1.85 bits per heavy atom. The van der Waals surface area contributed by atoms with Crippen LogP contribution in [-0.2, 0) is 26.7 Å². The fraction of sp³-hybridized carbons (Fsp3) is 0.316. The lowest BCUT2D eigenvalue weighted by Gasteiger charge is -2.26. The van der Waals surface area contributed by atoms with E-state index in [-0.39, 0.29) is 23.8 Å². The van der Waals surface area contributed by atoms with Crippen molar-refractivity contribution in [1.82, 2.24) is 4.72 Å². The number of benzene rings is 2. The zero-order valence-corrected chi connectivity index (χ0v) is 15.8. The molecule has 2 aromatic carbocycles. The molecule has 1 heterocycles. The van der Waals surface area contributed by atoms with Gasteiger partial charge in [-0.3, -0.25) is 4.79 Å². The maximum absolute atomic E-state index is 12.7. The van der Waals surface area contributed by atoms with Crippen LogP contribution < -0.4 is 14.8 Å². The average molecular weight is 374 g/mol. The van der Waals surface area contributed by atoms with Crippen LogP contribution in [0.15, 0.2) is 47.4 Å². The first-order valence-electron chi connectivity index (χ1n) is 8.28. The molecule has 1 aliphatic heterocycles. The molecule has 6 nitrogen and oxygen atoms in total. The molecule has 0 atom stereocenters. The zero-order valence-electron chi connectivity index (χ0n) is 15.0. The van der Waals surface area contributed by atoms with Gasteiger partial charge >= 0.3 is 0 Å². The first kappa shape index (κ1) is 18.4. The van der Waals surface area contributed by atoms with Gasteiger partial charge in [0.15, 0.2) is 0 Å². The third-order valence-electron chi connectivity index (χ3n) is 4.59. The molecule has 0 bridgehead atoms. The highest BCUT2D eigenvalue weighted by molar-refractivity contribution is 7.89. The third kappa shape index (κ3) is 3.73. The summed E-state index contributed by atoms with van der Waals surface area (Å²) in [6, 6.07) is 12.3. The Hall–Kier alpha value is -2.38. The summed E-state index contributed by atoms with van der Waals surface area (Å²) in [5, 5.41) is 2.70. The van der Waals surface area contributed by atoms with Crippen LogP contribution in [0.2, 0.25) is 0 Å². The van der Waals surface area contributed by atoms with E-state index in [2.05, 4.69) is 10.0 Å². The van der Waals surface area contributed by atoms with Crippen LogP contribution >= 0.6 is 0 Å². The standard InChI is InChI=1S/C19H22N2O4S/c1-19(2,14-4-6-15(25-3)7-5-14)12-20-26(23,24)16-8-9-17-13(10-16)11-18(22)21-17/h4-10,20H,11-12H2,1-3H3,(H,21,22). The van der Waals surface area contributed by atoms with Crippen LogP contribution in [0.4, 0.5) is 5.69 Å². The Balaban J connectivity index is 1.75. The van der Waals surface area contributed by atoms with E-state index in [9.17, 15) is 13.2 Å². The van der Waals surface area contributed by atoms with Gasteiger partial charge in [0.1, 0.15) is 5.75 Å². The summed E-state index contributed by atoms with van der Waals surface area (Å²) in [5.74, 6) is 0.634. The molecule has 1 amide bonds. The molecule has 0 aromatic heterocycles. The molecule has 3 rings (SSSR count). The normalized spacial score (nSPS) is 14.0. The van der Waals surface area contributed by atoms with Crippen LogP contribution in [0, 0.1) is 0 Å². The van der Waals surface area contributed by atoms with Crippen molar-refractivity contribution in [3.8, 4) is 5.75 Å². The number of carbonyl (C=O) groups is 1. The van der Waals surface area contributed by atoms with Gasteiger partial charge in [0, 0.05) is 17.6 Å². The fourth-order valence-electron chi connectivity index (χ4n) is 2.88. The van der Waals surface area contributed by atoms with E-state index >= 15 is 0 Å². The average Bonchev–Trinajstić information content (AvgIpc) is 2.99. The van der Waals surface area contributed by atoms with E-state index in [4.69, 9.17) is 4.74 Å². The molecule has 0 spiro atoms. The zero-order chi connectivity index (χ0) is 18.9. The molecule has 0 saturated carbocycles. The SMILES string of the molecule is COc1ccc(C(C)(C)CNS(=O)(=O)c2ccc3c(c2)CC(=O)N3)cc1. The monoisotopic (exact) mass is 374 g/mol. The number of rotatable bonds is 6. The molecule has 0 radical (unpaired) electrons. The van der Waals surface area contributed by atoms with Crippen molar-refractivity contribution < 1.29 is 17.9 Å². The summed E-state index contributed by atoms with van der Waals surface area (Å²) in [5.41, 5.74) is 1.98. The third-order valence-corrected chi connectivity index (χ3v) is 5.99. The predicted molar refractivity (Wildman–Crippen MR) is 100.0 cm³/mol. The Kier molecular flexibility index (Phi) is 4.77. The van der Waals surface area contributed by atoms with E-state index in [1.54, 1.807) is 19.2 Å². The summed E-state index contributed by atoms with van der Waals surface area (Å²) in [6.07, 6.45) is 0.204. The number of amides is 1. The first-order valence-corrected chi connectivity index (χ1v) is 9.76. The van der Waals surface area contributed by atoms with E-state index in [1.807, 2.05) is 38.1 Å². The van der Waals surface area contributed by atoms with E-state index in [1.165, 1.54) is 6.07 Å². The minimum absolute atomic E-state index is 0.122. The van der Waals surface area contributed by atoms with Gasteiger partial charge in [-0.05, 0) is 41.5 Å². The molecule has 0 saturated heterocycles. The maximum atomic E-state index is 12.7. The van der Waals surface area contributed by atoms with Gasteiger partial charge in [-0.25, -0.2) is 13.1 Å². The van der Waals surface area contributed by atoms with Gasteiger partial charge < -0.3 is 10.1 Å². The number of carbonyl (C=O) groups excluding carboxylic acids is 1. The van der Waals surface area contributed by atoms with Crippen molar-refractivity contribution in [3.05, 3.63) is 53.6 Å². The van der Waals surface area contributed by atoms with Gasteiger partial charge in [0.05, 0.1) is 18.4 Å². The topological polar surface area (TPSA) is 84.5 Å². The van der Waals surface area contributed by atoms with Crippen LogP contribution in [-0.4, -0.2) is 28.0 Å². The lowest BCUT2D eigenvalue weighted by Crippen LogP contribution is -2.36. The van der Waals surface area contributed by atoms with Crippen LogP contribution in [0.3, 0.4) is 0 Å². The van der Waals surface area contributed by atoms with Crippen molar-refractivity contribution in [1.29, 1.82) is 0 Å². The fourth-order valence-corrected chi connectivity index (χ4v) is 4.14. The van der Waals surface area contributed by atoms with Crippen LogP contribution in [0.5, 0.6) is 5.75 Å². The Labute approximate surface area is 153 Å². The Morgan fingerprint density at radius 3 is 2.50 bits per heavy atom. The lowest BCUT2D eigenvalue weighted by molar-refractivity contribution is -0.115. The summed E-state index contributed by atoms with van der Waals surface area (Å²) in [6.45, 7) is 4.20. The number of methoxy groups -OCH3 is 1. The number of hydrogen-bond acceptors (Lipinski definition) is 4. The van der Waals surface area contributed by atoms with Crippen molar-refractivity contribution in [3.63, 3.8) is 0 Å². The lowest BCUT2D eigenvalue weighted by atomic mass is 9.85. The molecule has 0 aliphatic carbocycles. The first-order chi connectivity index (χ1) is 12.2. The molecule has 26 heavy (non-hydrogen) atoms. The largest absolute Gasteiger partial charge is 0.497 e. The van der Waals surface area contributed by atoms with E-state index in [0.29, 0.717) is 11.3 Å². The van der Waals surface area contributed by atoms with Gasteiger partial charge in [0.2, 0.25) is 15.9 Å². The molecule has 2 aromatic rings. The number of ether oxygens (including phenoxy) is 1. The van der Waals surface area contributed by atoms with Crippen molar-refractivity contribution >= 4 is 21.6 Å². The number of nitrogens with one attached hydrogen (secondary N) is 2. The molecule has 0 unspecified atom stereocenters. The molecule has 2 N–H and O–H groups in total. The predicted octanol–water partition coefficient (Wildman–Crippen LogP) is 2.45. The Bertz CT molecular complexity index is 935. The minimum Gasteiger partial charge on any atom is -0.497 e. The van der Waals surface area contributed by atoms with Crippen LogP contribution in [0.1, 0.15) is 25.0 Å². The van der Waals surface area contributed by atoms with E-state index < -0.39 is 15.4 Å². The molecular formula is C19H22N2O4S. The van der Waals surface area contributed by atoms with Crippen molar-refractivity contribution in [2.75, 3.05) is 19.0 Å². The summed E-state index contributed by atoms with van der Waals surface area (Å²) < 4.78 is 33.1. The van der Waals surface area contributed by atoms with Crippen molar-refractivity contribution in [2.24, 2.45) is 0 Å². The highest BCUT2D eigenvalue weighted by Crippen LogP contribution is 2.27. The van der Waals surface area contributed by atoms with Crippen molar-refractivity contribution in [2.45, 2.75) is 30.6 Å². The number of sulfonamides is 1. The summed E-state index contributed by atoms with van der Waals surface area (Å²) >= 11 is 0. The van der Waals surface area contributed by atoms with Crippen LogP contribution in [0.25, 0.3) is 0 Å². The van der Waals surface area contributed by atoms with Gasteiger partial charge in [-0.1, -0.05) is 26.0 Å². The Morgan fingerprint density at radius 1 is 1.15 bits per heavy atom. The van der Waals surface area contributed by atoms with E-state index in [0.717, 1.165) is 11.3 Å².